The predicted octanol–water partition coefficient (Wildman–Crippen LogP) is 3.66. The highest BCUT2D eigenvalue weighted by Gasteiger charge is 2.27. The maximum atomic E-state index is 11.3. The van der Waals surface area contributed by atoms with Gasteiger partial charge in [-0.2, -0.15) is 0 Å². The number of aliphatic hydroxyl groups excluding tert-OH is 1. The lowest BCUT2D eigenvalue weighted by atomic mass is 10.0. The molecule has 1 saturated heterocycles. The third-order valence-corrected chi connectivity index (χ3v) is 5.24. The Labute approximate surface area is 174 Å². The molecule has 0 bridgehead atoms. The number of halogens is 2. The average molecular weight is 424 g/mol. The highest BCUT2D eigenvalue weighted by molar-refractivity contribution is 6.35. The first-order valence-electron chi connectivity index (χ1n) is 9.06. The van der Waals surface area contributed by atoms with Gasteiger partial charge < -0.3 is 20.5 Å². The number of carbonyl (C=O) groups excluding carboxylic acids is 1. The number of benzene rings is 2. The van der Waals surface area contributed by atoms with Crippen molar-refractivity contribution < 1.29 is 14.6 Å². The van der Waals surface area contributed by atoms with E-state index in [2.05, 4.69) is 4.90 Å². The van der Waals surface area contributed by atoms with Crippen LogP contribution >= 0.6 is 23.2 Å². The summed E-state index contributed by atoms with van der Waals surface area (Å²) in [7, 11) is 0. The molecule has 1 amide bonds. The Balaban J connectivity index is 1.60. The van der Waals surface area contributed by atoms with Crippen LogP contribution in [0.25, 0.3) is 0 Å². The Morgan fingerprint density at radius 1 is 1.07 bits per heavy atom. The first kappa shape index (κ1) is 20.7. The molecule has 1 aliphatic rings. The number of amides is 1. The van der Waals surface area contributed by atoms with Gasteiger partial charge in [0.1, 0.15) is 12.3 Å². The van der Waals surface area contributed by atoms with Crippen molar-refractivity contribution in [3.63, 3.8) is 0 Å². The summed E-state index contributed by atoms with van der Waals surface area (Å²) in [5, 5.41) is 11.9. The fraction of sp³-hybridized carbons (Fsp3) is 0.350. The number of hydrogen-bond donors (Lipinski definition) is 2. The van der Waals surface area contributed by atoms with Crippen molar-refractivity contribution in [2.75, 3.05) is 31.1 Å². The molecule has 0 saturated carbocycles. The van der Waals surface area contributed by atoms with E-state index < -0.39 is 18.4 Å². The largest absolute Gasteiger partial charge is 0.441 e. The lowest BCUT2D eigenvalue weighted by Crippen LogP contribution is -2.50. The van der Waals surface area contributed by atoms with Crippen molar-refractivity contribution in [2.45, 2.75) is 18.8 Å². The van der Waals surface area contributed by atoms with Crippen LogP contribution in [0.2, 0.25) is 10.0 Å². The Morgan fingerprint density at radius 3 is 2.25 bits per heavy atom. The number of nitrogens with zero attached hydrogens (tertiary/aromatic N) is 2. The SMILES string of the molecule is NC(=O)OC(CC(O)N1CCN(c2cc(Cl)cc(Cl)c2)CC1)c1ccccc1. The van der Waals surface area contributed by atoms with Gasteiger partial charge in [0.25, 0.3) is 0 Å². The van der Waals surface area contributed by atoms with E-state index in [0.717, 1.165) is 24.3 Å². The summed E-state index contributed by atoms with van der Waals surface area (Å²) in [5.41, 5.74) is 6.97. The van der Waals surface area contributed by atoms with Crippen molar-refractivity contribution >= 4 is 35.0 Å². The van der Waals surface area contributed by atoms with E-state index in [1.54, 1.807) is 6.07 Å². The standard InChI is InChI=1S/C20H23Cl2N3O3/c21-15-10-16(22)12-17(11-15)24-6-8-25(9-7-24)19(26)13-18(28-20(23)27)14-4-2-1-3-5-14/h1-5,10-12,18-19,26H,6-9,13H2,(H2,23,27). The Bertz CT molecular complexity index is 778. The van der Waals surface area contributed by atoms with Gasteiger partial charge in [0, 0.05) is 48.3 Å². The van der Waals surface area contributed by atoms with Gasteiger partial charge in [-0.25, -0.2) is 4.79 Å². The van der Waals surface area contributed by atoms with Crippen molar-refractivity contribution in [3.8, 4) is 0 Å². The number of primary amides is 1. The minimum absolute atomic E-state index is 0.246. The third kappa shape index (κ3) is 5.52. The van der Waals surface area contributed by atoms with Gasteiger partial charge in [0.2, 0.25) is 0 Å². The van der Waals surface area contributed by atoms with Crippen LogP contribution < -0.4 is 10.6 Å². The zero-order valence-corrected chi connectivity index (χ0v) is 16.8. The highest BCUT2D eigenvalue weighted by atomic mass is 35.5. The second-order valence-corrected chi connectivity index (χ2v) is 7.58. The Morgan fingerprint density at radius 2 is 1.68 bits per heavy atom. The summed E-state index contributed by atoms with van der Waals surface area (Å²) >= 11 is 12.2. The average Bonchev–Trinajstić information content (AvgIpc) is 2.67. The zero-order valence-electron chi connectivity index (χ0n) is 15.3. The number of hydrogen-bond acceptors (Lipinski definition) is 5. The summed E-state index contributed by atoms with van der Waals surface area (Å²) in [6, 6.07) is 14.7. The van der Waals surface area contributed by atoms with E-state index in [0.29, 0.717) is 23.1 Å². The zero-order chi connectivity index (χ0) is 20.1. The van der Waals surface area contributed by atoms with E-state index in [-0.39, 0.29) is 6.42 Å². The maximum absolute atomic E-state index is 11.3. The molecule has 8 heteroatoms. The number of nitrogens with two attached hydrogens (primary N) is 1. The smallest absolute Gasteiger partial charge is 0.405 e. The molecular formula is C20H23Cl2N3O3. The van der Waals surface area contributed by atoms with E-state index >= 15 is 0 Å². The molecule has 2 aromatic carbocycles. The molecule has 0 aromatic heterocycles. The third-order valence-electron chi connectivity index (χ3n) is 4.80. The number of rotatable bonds is 6. The lowest BCUT2D eigenvalue weighted by Gasteiger charge is -2.39. The number of anilines is 1. The number of aliphatic hydroxyl groups is 1. The second-order valence-electron chi connectivity index (χ2n) is 6.70. The van der Waals surface area contributed by atoms with Gasteiger partial charge in [0.05, 0.1) is 0 Å². The van der Waals surface area contributed by atoms with Crippen LogP contribution in [0, 0.1) is 0 Å². The monoisotopic (exact) mass is 423 g/mol. The van der Waals surface area contributed by atoms with Crippen molar-refractivity contribution in [3.05, 3.63) is 64.1 Å². The normalized spacial score (nSPS) is 17.2. The van der Waals surface area contributed by atoms with Crippen LogP contribution in [0.1, 0.15) is 18.1 Å². The molecule has 1 aliphatic heterocycles. The fourth-order valence-electron chi connectivity index (χ4n) is 3.40. The molecule has 1 fully saturated rings. The Hall–Kier alpha value is -1.99. The van der Waals surface area contributed by atoms with Gasteiger partial charge in [-0.15, -0.1) is 0 Å². The number of carbonyl (C=O) groups is 1. The predicted molar refractivity (Wildman–Crippen MR) is 111 cm³/mol. The van der Waals surface area contributed by atoms with Gasteiger partial charge >= 0.3 is 6.09 Å². The molecule has 28 heavy (non-hydrogen) atoms. The van der Waals surface area contributed by atoms with E-state index in [1.165, 1.54) is 0 Å². The molecule has 2 atom stereocenters. The number of ether oxygens (including phenoxy) is 1. The molecule has 6 nitrogen and oxygen atoms in total. The topological polar surface area (TPSA) is 79.0 Å². The molecule has 0 radical (unpaired) electrons. The molecule has 2 aromatic rings. The number of piperazine rings is 1. The maximum Gasteiger partial charge on any atom is 0.405 e. The minimum atomic E-state index is -0.858. The summed E-state index contributed by atoms with van der Waals surface area (Å²) in [6.45, 7) is 2.76. The van der Waals surface area contributed by atoms with Crippen LogP contribution in [0.3, 0.4) is 0 Å². The van der Waals surface area contributed by atoms with Crippen LogP contribution in [-0.2, 0) is 4.74 Å². The molecule has 150 valence electrons. The Kier molecular flexibility index (Phi) is 7.02. The fourth-order valence-corrected chi connectivity index (χ4v) is 3.92. The van der Waals surface area contributed by atoms with E-state index in [9.17, 15) is 9.90 Å². The minimum Gasteiger partial charge on any atom is -0.441 e. The summed E-state index contributed by atoms with van der Waals surface area (Å²) in [4.78, 5) is 15.4. The van der Waals surface area contributed by atoms with Crippen LogP contribution in [-0.4, -0.2) is 48.5 Å². The van der Waals surface area contributed by atoms with Gasteiger partial charge in [-0.3, -0.25) is 4.90 Å². The summed E-state index contributed by atoms with van der Waals surface area (Å²) < 4.78 is 5.23. The van der Waals surface area contributed by atoms with Crippen molar-refractivity contribution in [1.82, 2.24) is 4.90 Å². The first-order valence-corrected chi connectivity index (χ1v) is 9.82. The molecule has 0 spiro atoms. The molecule has 1 heterocycles. The van der Waals surface area contributed by atoms with Crippen LogP contribution in [0.5, 0.6) is 0 Å². The molecule has 0 aliphatic carbocycles. The van der Waals surface area contributed by atoms with E-state index in [1.807, 2.05) is 47.4 Å². The molecule has 2 unspecified atom stereocenters. The quantitative estimate of drug-likeness (QED) is 0.740. The first-order chi connectivity index (χ1) is 13.4. The van der Waals surface area contributed by atoms with Gasteiger partial charge in [-0.05, 0) is 23.8 Å². The molecule has 3 N–H and O–H groups in total. The van der Waals surface area contributed by atoms with Gasteiger partial charge in [-0.1, -0.05) is 53.5 Å². The second kappa shape index (κ2) is 9.47. The summed E-state index contributed by atoms with van der Waals surface area (Å²) in [6.07, 6.45) is -1.97. The van der Waals surface area contributed by atoms with Crippen LogP contribution in [0.15, 0.2) is 48.5 Å². The van der Waals surface area contributed by atoms with Crippen LogP contribution in [0.4, 0.5) is 10.5 Å². The van der Waals surface area contributed by atoms with Crippen molar-refractivity contribution in [2.24, 2.45) is 5.73 Å². The van der Waals surface area contributed by atoms with E-state index in [4.69, 9.17) is 33.7 Å². The summed E-state index contributed by atoms with van der Waals surface area (Å²) in [5.74, 6) is 0. The van der Waals surface area contributed by atoms with Crippen molar-refractivity contribution in [1.29, 1.82) is 0 Å². The molecule has 3 rings (SSSR count). The highest BCUT2D eigenvalue weighted by Crippen LogP contribution is 2.28. The lowest BCUT2D eigenvalue weighted by molar-refractivity contribution is -0.0364. The molecular weight excluding hydrogens is 401 g/mol. The van der Waals surface area contributed by atoms with Gasteiger partial charge in [0.15, 0.2) is 0 Å².